The predicted molar refractivity (Wildman–Crippen MR) is 44.9 cm³/mol. The number of rotatable bonds is 4. The van der Waals surface area contributed by atoms with E-state index in [0.717, 1.165) is 18.4 Å². The summed E-state index contributed by atoms with van der Waals surface area (Å²) in [6.07, 6.45) is 1.74. The van der Waals surface area contributed by atoms with Crippen molar-refractivity contribution < 1.29 is 9.23 Å². The van der Waals surface area contributed by atoms with E-state index in [0.29, 0.717) is 6.61 Å². The Morgan fingerprint density at radius 1 is 1.25 bits per heavy atom. The molecule has 66 valence electrons. The SMILES string of the molecule is NOCCCc1ccc(F)cc1. The largest absolute Gasteiger partial charge is 0.305 e. The monoisotopic (exact) mass is 169 g/mol. The second-order valence-electron chi connectivity index (χ2n) is 2.60. The summed E-state index contributed by atoms with van der Waals surface area (Å²) < 4.78 is 12.4. The van der Waals surface area contributed by atoms with Crippen LogP contribution in [0.4, 0.5) is 4.39 Å². The third-order valence-corrected chi connectivity index (χ3v) is 1.64. The Balaban J connectivity index is 2.37. The minimum atomic E-state index is -0.200. The molecule has 2 nitrogen and oxygen atoms in total. The molecule has 0 spiro atoms. The number of halogens is 1. The van der Waals surface area contributed by atoms with Crippen LogP contribution in [0.1, 0.15) is 12.0 Å². The van der Waals surface area contributed by atoms with Crippen molar-refractivity contribution in [3.05, 3.63) is 35.6 Å². The van der Waals surface area contributed by atoms with Gasteiger partial charge in [-0.3, -0.25) is 0 Å². The van der Waals surface area contributed by atoms with Crippen LogP contribution in [0.25, 0.3) is 0 Å². The molecule has 0 saturated carbocycles. The van der Waals surface area contributed by atoms with Crippen LogP contribution in [0.5, 0.6) is 0 Å². The Morgan fingerprint density at radius 3 is 2.50 bits per heavy atom. The molecule has 0 bridgehead atoms. The van der Waals surface area contributed by atoms with Crippen molar-refractivity contribution in [1.82, 2.24) is 0 Å². The summed E-state index contributed by atoms with van der Waals surface area (Å²) in [4.78, 5) is 4.41. The fourth-order valence-corrected chi connectivity index (χ4v) is 1.01. The molecule has 0 heterocycles. The average molecular weight is 169 g/mol. The van der Waals surface area contributed by atoms with Gasteiger partial charge in [0.15, 0.2) is 0 Å². The first-order valence-electron chi connectivity index (χ1n) is 3.89. The van der Waals surface area contributed by atoms with E-state index in [1.807, 2.05) is 0 Å². The Kier molecular flexibility index (Phi) is 3.70. The second kappa shape index (κ2) is 4.85. The maximum absolute atomic E-state index is 12.4. The van der Waals surface area contributed by atoms with Crippen LogP contribution in [0.2, 0.25) is 0 Å². The Labute approximate surface area is 71.1 Å². The van der Waals surface area contributed by atoms with E-state index in [4.69, 9.17) is 5.90 Å². The minimum absolute atomic E-state index is 0.200. The normalized spacial score (nSPS) is 10.2. The molecular weight excluding hydrogens is 157 g/mol. The van der Waals surface area contributed by atoms with Gasteiger partial charge in [0.1, 0.15) is 5.82 Å². The van der Waals surface area contributed by atoms with Crippen LogP contribution in [-0.2, 0) is 11.3 Å². The van der Waals surface area contributed by atoms with E-state index in [9.17, 15) is 4.39 Å². The van der Waals surface area contributed by atoms with E-state index >= 15 is 0 Å². The van der Waals surface area contributed by atoms with Gasteiger partial charge in [-0.1, -0.05) is 12.1 Å². The van der Waals surface area contributed by atoms with Crippen LogP contribution in [0, 0.1) is 5.82 Å². The van der Waals surface area contributed by atoms with E-state index in [2.05, 4.69) is 4.84 Å². The Bertz CT molecular complexity index is 222. The molecule has 1 aromatic carbocycles. The molecule has 0 fully saturated rings. The first kappa shape index (κ1) is 9.16. The summed E-state index contributed by atoms with van der Waals surface area (Å²) >= 11 is 0. The van der Waals surface area contributed by atoms with Crippen molar-refractivity contribution in [2.75, 3.05) is 6.61 Å². The van der Waals surface area contributed by atoms with Gasteiger partial charge in [0.05, 0.1) is 6.61 Å². The third-order valence-electron chi connectivity index (χ3n) is 1.64. The molecule has 1 aromatic rings. The molecule has 12 heavy (non-hydrogen) atoms. The number of benzene rings is 1. The van der Waals surface area contributed by atoms with Gasteiger partial charge in [-0.05, 0) is 30.5 Å². The van der Waals surface area contributed by atoms with Gasteiger partial charge >= 0.3 is 0 Å². The number of hydrogen-bond donors (Lipinski definition) is 1. The van der Waals surface area contributed by atoms with Crippen molar-refractivity contribution in [2.45, 2.75) is 12.8 Å². The van der Waals surface area contributed by atoms with E-state index in [1.54, 1.807) is 12.1 Å². The highest BCUT2D eigenvalue weighted by Gasteiger charge is 1.93. The Morgan fingerprint density at radius 2 is 1.92 bits per heavy atom. The lowest BCUT2D eigenvalue weighted by atomic mass is 10.1. The van der Waals surface area contributed by atoms with Gasteiger partial charge in [0.2, 0.25) is 0 Å². The van der Waals surface area contributed by atoms with Crippen LogP contribution < -0.4 is 5.90 Å². The molecule has 0 radical (unpaired) electrons. The van der Waals surface area contributed by atoms with Gasteiger partial charge in [0.25, 0.3) is 0 Å². The van der Waals surface area contributed by atoms with Gasteiger partial charge in [-0.25, -0.2) is 10.3 Å². The molecule has 0 saturated heterocycles. The van der Waals surface area contributed by atoms with Crippen LogP contribution >= 0.6 is 0 Å². The topological polar surface area (TPSA) is 35.2 Å². The van der Waals surface area contributed by atoms with Gasteiger partial charge < -0.3 is 4.84 Å². The van der Waals surface area contributed by atoms with Crippen LogP contribution in [0.15, 0.2) is 24.3 Å². The summed E-state index contributed by atoms with van der Waals surface area (Å²) in [5.74, 6) is 4.66. The summed E-state index contributed by atoms with van der Waals surface area (Å²) in [5.41, 5.74) is 1.11. The highest BCUT2D eigenvalue weighted by Crippen LogP contribution is 2.04. The first-order chi connectivity index (χ1) is 5.83. The summed E-state index contributed by atoms with van der Waals surface area (Å²) in [7, 11) is 0. The zero-order valence-corrected chi connectivity index (χ0v) is 6.79. The van der Waals surface area contributed by atoms with E-state index < -0.39 is 0 Å². The molecule has 2 N–H and O–H groups in total. The molecule has 0 unspecified atom stereocenters. The lowest BCUT2D eigenvalue weighted by molar-refractivity contribution is 0.135. The highest BCUT2D eigenvalue weighted by atomic mass is 19.1. The Hall–Kier alpha value is -0.930. The number of nitrogens with two attached hydrogens (primary N) is 1. The maximum atomic E-state index is 12.4. The molecule has 0 aliphatic heterocycles. The molecular formula is C9H12FNO. The first-order valence-corrected chi connectivity index (χ1v) is 3.89. The standard InChI is InChI=1S/C9H12FNO/c10-9-5-3-8(4-6-9)2-1-7-12-11/h3-6H,1-2,7,11H2. The summed E-state index contributed by atoms with van der Waals surface area (Å²) in [6.45, 7) is 0.539. The van der Waals surface area contributed by atoms with Gasteiger partial charge in [-0.15, -0.1) is 0 Å². The van der Waals surface area contributed by atoms with E-state index in [1.165, 1.54) is 12.1 Å². The molecule has 0 aromatic heterocycles. The minimum Gasteiger partial charge on any atom is -0.305 e. The van der Waals surface area contributed by atoms with Crippen LogP contribution in [0.3, 0.4) is 0 Å². The molecule has 0 atom stereocenters. The predicted octanol–water partition coefficient (Wildman–Crippen LogP) is 1.65. The third kappa shape index (κ3) is 2.98. The second-order valence-corrected chi connectivity index (χ2v) is 2.60. The fourth-order valence-electron chi connectivity index (χ4n) is 1.01. The lowest BCUT2D eigenvalue weighted by Gasteiger charge is -1.99. The average Bonchev–Trinajstić information content (AvgIpc) is 2.09. The van der Waals surface area contributed by atoms with Crippen molar-refractivity contribution in [3.63, 3.8) is 0 Å². The van der Waals surface area contributed by atoms with Crippen molar-refractivity contribution >= 4 is 0 Å². The molecule has 0 aliphatic rings. The van der Waals surface area contributed by atoms with Crippen LogP contribution in [-0.4, -0.2) is 6.61 Å². The maximum Gasteiger partial charge on any atom is 0.123 e. The van der Waals surface area contributed by atoms with E-state index in [-0.39, 0.29) is 5.82 Å². The smallest absolute Gasteiger partial charge is 0.123 e. The van der Waals surface area contributed by atoms with Crippen molar-refractivity contribution in [1.29, 1.82) is 0 Å². The highest BCUT2D eigenvalue weighted by molar-refractivity contribution is 5.15. The quantitative estimate of drug-likeness (QED) is 0.549. The van der Waals surface area contributed by atoms with Crippen molar-refractivity contribution in [2.24, 2.45) is 5.90 Å². The zero-order valence-electron chi connectivity index (χ0n) is 6.79. The molecule has 0 amide bonds. The lowest BCUT2D eigenvalue weighted by Crippen LogP contribution is -2.01. The zero-order chi connectivity index (χ0) is 8.81. The van der Waals surface area contributed by atoms with Crippen molar-refractivity contribution in [3.8, 4) is 0 Å². The molecule has 0 aliphatic carbocycles. The molecule has 3 heteroatoms. The van der Waals surface area contributed by atoms with Gasteiger partial charge in [-0.2, -0.15) is 0 Å². The summed E-state index contributed by atoms with van der Waals surface area (Å²) in [6, 6.07) is 6.45. The summed E-state index contributed by atoms with van der Waals surface area (Å²) in [5, 5.41) is 0. The number of hydrogen-bond acceptors (Lipinski definition) is 2. The van der Waals surface area contributed by atoms with Gasteiger partial charge in [0, 0.05) is 0 Å². The fraction of sp³-hybridized carbons (Fsp3) is 0.333. The number of aryl methyl sites for hydroxylation is 1. The molecule has 1 rings (SSSR count).